The van der Waals surface area contributed by atoms with Crippen LogP contribution in [-0.2, 0) is 14.3 Å². The van der Waals surface area contributed by atoms with Crippen molar-refractivity contribution < 1.29 is 19.4 Å². The Labute approximate surface area is 153 Å². The standard InChI is InChI=1S/C21H23NO4/c1-11-8-12(2)15(13(3)9-11)17-19(23)16-14-4-5-21(26-14,10-25-7-6-22)18(16)20(17)24/h8-9,14,16,18,24H,4-5,7,10H2,1-3H3/t14-,16-,18+,21-/m0/s1. The van der Waals surface area contributed by atoms with Crippen molar-refractivity contribution in [2.24, 2.45) is 11.8 Å². The number of aliphatic hydroxyl groups excluding tert-OH is 1. The molecule has 2 fully saturated rings. The van der Waals surface area contributed by atoms with E-state index in [-0.39, 0.29) is 42.7 Å². The van der Waals surface area contributed by atoms with Crippen LogP contribution in [-0.4, -0.2) is 35.8 Å². The van der Waals surface area contributed by atoms with E-state index < -0.39 is 5.60 Å². The maximum absolute atomic E-state index is 13.3. The summed E-state index contributed by atoms with van der Waals surface area (Å²) in [6, 6.07) is 6.05. The number of hydrogen-bond acceptors (Lipinski definition) is 5. The van der Waals surface area contributed by atoms with Gasteiger partial charge in [-0.25, -0.2) is 0 Å². The number of hydrogen-bond donors (Lipinski definition) is 1. The second kappa shape index (κ2) is 5.94. The normalized spacial score (nSPS) is 32.2. The number of carbonyl (C=O) groups is 1. The molecule has 1 aromatic rings. The SMILES string of the molecule is Cc1cc(C)c(C2=C(O)[C@H]3[C@@H](C2=O)[C@@H]2CC[C@@]3(COCC#N)O2)c(C)c1. The summed E-state index contributed by atoms with van der Waals surface area (Å²) in [5.41, 5.74) is 3.75. The number of fused-ring (bicyclic) bond motifs is 5. The summed E-state index contributed by atoms with van der Waals surface area (Å²) in [6.45, 7) is 6.20. The van der Waals surface area contributed by atoms with Crippen LogP contribution in [0.1, 0.15) is 35.1 Å². The lowest BCUT2D eigenvalue weighted by molar-refractivity contribution is -0.118. The minimum Gasteiger partial charge on any atom is -0.511 e. The second-order valence-electron chi connectivity index (χ2n) is 7.81. The Morgan fingerprint density at radius 2 is 2.04 bits per heavy atom. The van der Waals surface area contributed by atoms with Gasteiger partial charge in [0.2, 0.25) is 0 Å². The summed E-state index contributed by atoms with van der Waals surface area (Å²) in [5, 5.41) is 19.8. The number of ketones is 1. The highest BCUT2D eigenvalue weighted by Gasteiger charge is 2.66. The zero-order valence-corrected chi connectivity index (χ0v) is 15.3. The number of Topliss-reactive ketones (excluding diaryl/α,β-unsaturated/α-hetero) is 1. The molecular weight excluding hydrogens is 330 g/mol. The summed E-state index contributed by atoms with van der Waals surface area (Å²) in [5.74, 6) is -0.598. The van der Waals surface area contributed by atoms with E-state index in [4.69, 9.17) is 14.7 Å². The Bertz CT molecular complexity index is 842. The highest BCUT2D eigenvalue weighted by atomic mass is 16.6. The third kappa shape index (κ3) is 2.26. The molecule has 0 amide bonds. The Balaban J connectivity index is 1.79. The number of aryl methyl sites for hydroxylation is 3. The van der Waals surface area contributed by atoms with Crippen molar-refractivity contribution in [2.45, 2.75) is 45.3 Å². The first-order valence-corrected chi connectivity index (χ1v) is 9.07. The summed E-state index contributed by atoms with van der Waals surface area (Å²) in [7, 11) is 0. The summed E-state index contributed by atoms with van der Waals surface area (Å²) in [4.78, 5) is 13.3. The molecule has 2 aliphatic heterocycles. The first-order valence-electron chi connectivity index (χ1n) is 9.07. The van der Waals surface area contributed by atoms with Crippen LogP contribution < -0.4 is 0 Å². The number of carbonyl (C=O) groups excluding carboxylic acids is 1. The molecule has 2 saturated heterocycles. The van der Waals surface area contributed by atoms with Crippen molar-refractivity contribution in [3.8, 4) is 6.07 Å². The molecular formula is C21H23NO4. The molecule has 0 unspecified atom stereocenters. The first kappa shape index (κ1) is 17.3. The molecule has 0 spiro atoms. The molecule has 4 atom stereocenters. The van der Waals surface area contributed by atoms with E-state index in [2.05, 4.69) is 0 Å². The maximum atomic E-state index is 13.3. The zero-order chi connectivity index (χ0) is 18.6. The summed E-state index contributed by atoms with van der Waals surface area (Å²) >= 11 is 0. The highest BCUT2D eigenvalue weighted by Crippen LogP contribution is 2.59. The molecule has 2 heterocycles. The Morgan fingerprint density at radius 3 is 2.69 bits per heavy atom. The van der Waals surface area contributed by atoms with E-state index in [1.165, 1.54) is 0 Å². The van der Waals surface area contributed by atoms with Gasteiger partial charge in [0.15, 0.2) is 5.78 Å². The van der Waals surface area contributed by atoms with Crippen molar-refractivity contribution >= 4 is 11.4 Å². The number of rotatable bonds is 4. The van der Waals surface area contributed by atoms with Gasteiger partial charge in [-0.3, -0.25) is 4.79 Å². The molecule has 2 bridgehead atoms. The van der Waals surface area contributed by atoms with Gasteiger partial charge in [-0.05, 0) is 50.3 Å². The molecule has 1 aliphatic carbocycles. The van der Waals surface area contributed by atoms with E-state index >= 15 is 0 Å². The molecule has 136 valence electrons. The average Bonchev–Trinajstić information content (AvgIpc) is 3.20. The quantitative estimate of drug-likeness (QED) is 0.841. The number of benzene rings is 1. The fourth-order valence-corrected chi connectivity index (χ4v) is 5.31. The lowest BCUT2D eigenvalue weighted by atomic mass is 9.73. The molecule has 1 aromatic carbocycles. The van der Waals surface area contributed by atoms with E-state index in [1.807, 2.05) is 39.0 Å². The van der Waals surface area contributed by atoms with Gasteiger partial charge in [0.05, 0.1) is 36.2 Å². The van der Waals surface area contributed by atoms with Crippen molar-refractivity contribution in [3.63, 3.8) is 0 Å². The monoisotopic (exact) mass is 353 g/mol. The van der Waals surface area contributed by atoms with Gasteiger partial charge < -0.3 is 14.6 Å². The summed E-state index contributed by atoms with van der Waals surface area (Å²) in [6.07, 6.45) is 1.35. The van der Waals surface area contributed by atoms with Crippen LogP contribution in [0.5, 0.6) is 0 Å². The third-order valence-electron chi connectivity index (χ3n) is 6.10. The van der Waals surface area contributed by atoms with Crippen LogP contribution in [0.4, 0.5) is 0 Å². The van der Waals surface area contributed by atoms with Crippen LogP contribution in [0.3, 0.4) is 0 Å². The van der Waals surface area contributed by atoms with Gasteiger partial charge in [0, 0.05) is 0 Å². The lowest BCUT2D eigenvalue weighted by Gasteiger charge is -2.31. The Hall–Kier alpha value is -2.16. The predicted molar refractivity (Wildman–Crippen MR) is 95.5 cm³/mol. The van der Waals surface area contributed by atoms with Gasteiger partial charge >= 0.3 is 0 Å². The first-order chi connectivity index (χ1) is 12.4. The minimum atomic E-state index is -0.694. The van der Waals surface area contributed by atoms with Gasteiger partial charge in [0.25, 0.3) is 0 Å². The fourth-order valence-electron chi connectivity index (χ4n) is 5.31. The number of nitriles is 1. The smallest absolute Gasteiger partial charge is 0.173 e. The average molecular weight is 353 g/mol. The van der Waals surface area contributed by atoms with E-state index in [9.17, 15) is 9.90 Å². The van der Waals surface area contributed by atoms with Crippen LogP contribution in [0.25, 0.3) is 5.57 Å². The van der Waals surface area contributed by atoms with E-state index in [0.717, 1.165) is 35.1 Å². The number of ether oxygens (including phenoxy) is 2. The largest absolute Gasteiger partial charge is 0.511 e. The van der Waals surface area contributed by atoms with Crippen molar-refractivity contribution in [1.82, 2.24) is 0 Å². The lowest BCUT2D eigenvalue weighted by Crippen LogP contribution is -2.42. The van der Waals surface area contributed by atoms with Crippen LogP contribution in [0, 0.1) is 43.9 Å². The van der Waals surface area contributed by atoms with Crippen LogP contribution >= 0.6 is 0 Å². The molecule has 26 heavy (non-hydrogen) atoms. The molecule has 3 aliphatic rings. The maximum Gasteiger partial charge on any atom is 0.173 e. The second-order valence-corrected chi connectivity index (χ2v) is 7.81. The van der Waals surface area contributed by atoms with Gasteiger partial charge in [-0.1, -0.05) is 17.7 Å². The molecule has 0 radical (unpaired) electrons. The molecule has 5 heteroatoms. The van der Waals surface area contributed by atoms with Crippen molar-refractivity contribution in [2.75, 3.05) is 13.2 Å². The van der Waals surface area contributed by atoms with Crippen molar-refractivity contribution in [1.29, 1.82) is 5.26 Å². The molecule has 0 saturated carbocycles. The predicted octanol–water partition coefficient (Wildman–Crippen LogP) is 3.17. The van der Waals surface area contributed by atoms with Crippen LogP contribution in [0.15, 0.2) is 17.9 Å². The molecule has 4 rings (SSSR count). The van der Waals surface area contributed by atoms with E-state index in [1.54, 1.807) is 0 Å². The highest BCUT2D eigenvalue weighted by molar-refractivity contribution is 6.26. The Kier molecular flexibility index (Phi) is 3.94. The minimum absolute atomic E-state index is 0.0191. The number of nitrogens with zero attached hydrogens (tertiary/aromatic N) is 1. The van der Waals surface area contributed by atoms with E-state index in [0.29, 0.717) is 5.57 Å². The van der Waals surface area contributed by atoms with Gasteiger partial charge in [-0.2, -0.15) is 5.26 Å². The van der Waals surface area contributed by atoms with Crippen molar-refractivity contribution in [3.05, 3.63) is 40.1 Å². The number of allylic oxidation sites excluding steroid dienone is 1. The Morgan fingerprint density at radius 1 is 1.35 bits per heavy atom. The third-order valence-corrected chi connectivity index (χ3v) is 6.10. The molecule has 5 nitrogen and oxygen atoms in total. The fraction of sp³-hybridized carbons (Fsp3) is 0.524. The molecule has 1 N–H and O–H groups in total. The van der Waals surface area contributed by atoms with Gasteiger partial charge in [-0.15, -0.1) is 0 Å². The number of aliphatic hydroxyl groups is 1. The van der Waals surface area contributed by atoms with Crippen LogP contribution in [0.2, 0.25) is 0 Å². The topological polar surface area (TPSA) is 79.5 Å². The summed E-state index contributed by atoms with van der Waals surface area (Å²) < 4.78 is 11.6. The zero-order valence-electron chi connectivity index (χ0n) is 15.3. The molecule has 0 aromatic heterocycles. The van der Waals surface area contributed by atoms with Gasteiger partial charge in [0.1, 0.15) is 18.0 Å².